The van der Waals surface area contributed by atoms with Gasteiger partial charge in [0.2, 0.25) is 0 Å². The summed E-state index contributed by atoms with van der Waals surface area (Å²) in [6.07, 6.45) is 2.35. The van der Waals surface area contributed by atoms with Gasteiger partial charge in [-0.15, -0.1) is 0 Å². The number of carbonyl (C=O) groups is 1. The number of hydrogen-bond donors (Lipinski definition) is 1. The van der Waals surface area contributed by atoms with Gasteiger partial charge in [0.1, 0.15) is 17.7 Å². The highest BCUT2D eigenvalue weighted by Gasteiger charge is 2.27. The van der Waals surface area contributed by atoms with Crippen molar-refractivity contribution in [3.8, 4) is 11.1 Å². The van der Waals surface area contributed by atoms with Gasteiger partial charge in [-0.1, -0.05) is 17.7 Å². The number of aryl methyl sites for hydroxylation is 2. The van der Waals surface area contributed by atoms with Crippen LogP contribution in [0.4, 0.5) is 10.2 Å². The molecule has 0 unspecified atom stereocenters. The van der Waals surface area contributed by atoms with Crippen molar-refractivity contribution in [1.29, 1.82) is 0 Å². The Bertz CT molecular complexity index is 1300. The van der Waals surface area contributed by atoms with Crippen LogP contribution in [0.5, 0.6) is 0 Å². The number of aromatic nitrogens is 2. The van der Waals surface area contributed by atoms with E-state index in [2.05, 4.69) is 10.3 Å². The Morgan fingerprint density at radius 2 is 1.97 bits per heavy atom. The Morgan fingerprint density at radius 3 is 2.65 bits per heavy atom. The molecule has 1 aliphatic rings. The molecule has 2 aromatic heterocycles. The van der Waals surface area contributed by atoms with Gasteiger partial charge in [-0.25, -0.2) is 26.6 Å². The summed E-state index contributed by atoms with van der Waals surface area (Å²) < 4.78 is 51.8. The molecule has 4 rings (SSSR count). The summed E-state index contributed by atoms with van der Waals surface area (Å²) in [6, 6.07) is 9.11. The van der Waals surface area contributed by atoms with Gasteiger partial charge in [0.15, 0.2) is 0 Å². The minimum Gasteiger partial charge on any atom is -0.464 e. The van der Waals surface area contributed by atoms with Crippen LogP contribution in [0.15, 0.2) is 53.7 Å². The number of ether oxygens (including phenoxy) is 2. The van der Waals surface area contributed by atoms with Gasteiger partial charge in [0.25, 0.3) is 10.0 Å². The molecule has 1 aliphatic heterocycles. The van der Waals surface area contributed by atoms with Gasteiger partial charge in [0.05, 0.1) is 24.7 Å². The van der Waals surface area contributed by atoms with E-state index in [1.165, 1.54) is 31.5 Å². The Balaban J connectivity index is 1.76. The first-order valence-corrected chi connectivity index (χ1v) is 12.2. The fourth-order valence-electron chi connectivity index (χ4n) is 3.84. The average Bonchev–Trinajstić information content (AvgIpc) is 3.28. The van der Waals surface area contributed by atoms with Crippen LogP contribution < -0.4 is 5.32 Å². The molecule has 34 heavy (non-hydrogen) atoms. The van der Waals surface area contributed by atoms with Crippen LogP contribution in [-0.4, -0.2) is 55.9 Å². The van der Waals surface area contributed by atoms with Gasteiger partial charge < -0.3 is 14.8 Å². The predicted octanol–water partition coefficient (Wildman–Crippen LogP) is 3.73. The smallest absolute Gasteiger partial charge is 0.355 e. The highest BCUT2D eigenvalue weighted by molar-refractivity contribution is 7.90. The van der Waals surface area contributed by atoms with Crippen LogP contribution in [0.25, 0.3) is 11.1 Å². The quantitative estimate of drug-likeness (QED) is 0.529. The molecular formula is C24H26FN3O5S. The molecule has 0 bridgehead atoms. The third-order valence-corrected chi connectivity index (χ3v) is 7.48. The Kier molecular flexibility index (Phi) is 6.72. The maximum Gasteiger partial charge on any atom is 0.355 e. The second-order valence-electron chi connectivity index (χ2n) is 8.23. The highest BCUT2D eigenvalue weighted by Crippen LogP contribution is 2.30. The number of carbonyl (C=O) groups excluding carboxylic acids is 1. The van der Waals surface area contributed by atoms with Crippen molar-refractivity contribution in [3.63, 3.8) is 0 Å². The van der Waals surface area contributed by atoms with Crippen LogP contribution in [0.1, 0.15) is 28.0 Å². The number of nitrogens with zero attached hydrogens (tertiary/aromatic N) is 2. The van der Waals surface area contributed by atoms with Crippen molar-refractivity contribution < 1.29 is 27.1 Å². The van der Waals surface area contributed by atoms with Crippen molar-refractivity contribution >= 4 is 21.8 Å². The molecule has 2 atom stereocenters. The fraction of sp³-hybridized carbons (Fsp3) is 0.333. The molecule has 1 saturated heterocycles. The predicted molar refractivity (Wildman–Crippen MR) is 125 cm³/mol. The molecule has 10 heteroatoms. The maximum atomic E-state index is 14.2. The molecule has 0 spiro atoms. The summed E-state index contributed by atoms with van der Waals surface area (Å²) in [5.41, 5.74) is 2.69. The zero-order valence-corrected chi connectivity index (χ0v) is 19.9. The molecule has 0 radical (unpaired) electrons. The third-order valence-electron chi connectivity index (χ3n) is 5.79. The molecule has 1 N–H and O–H groups in total. The number of esters is 1. The summed E-state index contributed by atoms with van der Waals surface area (Å²) in [4.78, 5) is 16.9. The standard InChI is InChI=1S/C24H26FN3O5S/c1-15-4-6-18(7-5-15)34(30,31)28-13-17(10-22(28)24(29)32-3)19-11-23(26-12-16(19)2)27-21-8-9-33-14-20(21)25/h4-7,10-13,20-21H,8-9,14H2,1-3H3,(H,26,27)/t20-,21+/m1/s1. The lowest BCUT2D eigenvalue weighted by atomic mass is 10.0. The number of anilines is 1. The Morgan fingerprint density at radius 1 is 1.24 bits per heavy atom. The Hall–Kier alpha value is -3.24. The molecule has 3 aromatic rings. The number of nitrogens with one attached hydrogen (secondary N) is 1. The number of halogens is 1. The molecule has 1 fully saturated rings. The first-order valence-electron chi connectivity index (χ1n) is 10.8. The minimum absolute atomic E-state index is 0.0264. The van der Waals surface area contributed by atoms with E-state index in [0.717, 1.165) is 15.1 Å². The second kappa shape index (κ2) is 9.55. The van der Waals surface area contributed by atoms with E-state index in [-0.39, 0.29) is 17.2 Å². The molecule has 3 heterocycles. The summed E-state index contributed by atoms with van der Waals surface area (Å²) in [5.74, 6) is -0.335. The zero-order chi connectivity index (χ0) is 24.5. The van der Waals surface area contributed by atoms with Crippen LogP contribution in [0.3, 0.4) is 0 Å². The molecule has 8 nitrogen and oxygen atoms in total. The van der Waals surface area contributed by atoms with Gasteiger partial charge in [0, 0.05) is 24.6 Å². The average molecular weight is 488 g/mol. The topological polar surface area (TPSA) is 99.5 Å². The fourth-order valence-corrected chi connectivity index (χ4v) is 5.18. The minimum atomic E-state index is -4.06. The van der Waals surface area contributed by atoms with Crippen LogP contribution in [-0.2, 0) is 19.5 Å². The number of pyridine rings is 1. The molecule has 180 valence electrons. The van der Waals surface area contributed by atoms with E-state index < -0.39 is 28.2 Å². The number of methoxy groups -OCH3 is 1. The van der Waals surface area contributed by atoms with Gasteiger partial charge in [-0.05, 0) is 55.7 Å². The van der Waals surface area contributed by atoms with Gasteiger partial charge in [-0.3, -0.25) is 0 Å². The number of rotatable bonds is 6. The maximum absolute atomic E-state index is 14.2. The van der Waals surface area contributed by atoms with Crippen molar-refractivity contribution in [1.82, 2.24) is 8.96 Å². The molecule has 0 aliphatic carbocycles. The summed E-state index contributed by atoms with van der Waals surface area (Å²) in [6.45, 7) is 4.16. The van der Waals surface area contributed by atoms with Crippen molar-refractivity contribution in [2.75, 3.05) is 25.6 Å². The van der Waals surface area contributed by atoms with E-state index >= 15 is 0 Å². The van der Waals surface area contributed by atoms with E-state index in [9.17, 15) is 17.6 Å². The number of hydrogen-bond acceptors (Lipinski definition) is 7. The van der Waals surface area contributed by atoms with Crippen LogP contribution in [0, 0.1) is 13.8 Å². The van der Waals surface area contributed by atoms with Crippen LogP contribution >= 0.6 is 0 Å². The molecule has 0 amide bonds. The lowest BCUT2D eigenvalue weighted by Crippen LogP contribution is -2.39. The molecule has 1 aromatic carbocycles. The zero-order valence-electron chi connectivity index (χ0n) is 19.1. The van der Waals surface area contributed by atoms with Crippen molar-refractivity contribution in [2.45, 2.75) is 37.4 Å². The number of benzene rings is 1. The molecule has 0 saturated carbocycles. The SMILES string of the molecule is COC(=O)c1cc(-c2cc(N[C@H]3CCOC[C@H]3F)ncc2C)cn1S(=O)(=O)c1ccc(C)cc1. The van der Waals surface area contributed by atoms with E-state index in [1.54, 1.807) is 24.4 Å². The first kappa shape index (κ1) is 23.9. The lowest BCUT2D eigenvalue weighted by molar-refractivity contribution is 0.0285. The van der Waals surface area contributed by atoms with Gasteiger partial charge in [-0.2, -0.15) is 0 Å². The first-order chi connectivity index (χ1) is 16.2. The second-order valence-corrected chi connectivity index (χ2v) is 10.0. The van der Waals surface area contributed by atoms with E-state index in [4.69, 9.17) is 9.47 Å². The van der Waals surface area contributed by atoms with E-state index in [1.807, 2.05) is 13.8 Å². The van der Waals surface area contributed by atoms with Gasteiger partial charge >= 0.3 is 5.97 Å². The van der Waals surface area contributed by atoms with Crippen molar-refractivity contribution in [3.05, 3.63) is 65.6 Å². The largest absolute Gasteiger partial charge is 0.464 e. The summed E-state index contributed by atoms with van der Waals surface area (Å²) in [5, 5.41) is 3.10. The lowest BCUT2D eigenvalue weighted by Gasteiger charge is -2.27. The normalized spacial score (nSPS) is 18.5. The van der Waals surface area contributed by atoms with Crippen LogP contribution in [0.2, 0.25) is 0 Å². The summed E-state index contributed by atoms with van der Waals surface area (Å²) >= 11 is 0. The monoisotopic (exact) mass is 487 g/mol. The Labute approximate surface area is 197 Å². The number of alkyl halides is 1. The molecular weight excluding hydrogens is 461 g/mol. The highest BCUT2D eigenvalue weighted by atomic mass is 32.2. The summed E-state index contributed by atoms with van der Waals surface area (Å²) in [7, 11) is -2.87. The third kappa shape index (κ3) is 4.69. The van der Waals surface area contributed by atoms with Crippen molar-refractivity contribution in [2.24, 2.45) is 0 Å². The van der Waals surface area contributed by atoms with E-state index in [0.29, 0.717) is 30.0 Å².